The van der Waals surface area contributed by atoms with Gasteiger partial charge in [-0.05, 0) is 74.3 Å². The Bertz CT molecular complexity index is 1110. The number of carbonyl (C=O) groups excluding carboxylic acids is 1. The summed E-state index contributed by atoms with van der Waals surface area (Å²) in [5.41, 5.74) is 1.49. The number of likely N-dealkylation sites (N-methyl/N-ethyl adjacent to an activating group) is 1. The van der Waals surface area contributed by atoms with Crippen molar-refractivity contribution in [2.24, 2.45) is 5.92 Å². The van der Waals surface area contributed by atoms with Gasteiger partial charge in [-0.25, -0.2) is 4.39 Å². The van der Waals surface area contributed by atoms with Crippen LogP contribution >= 0.6 is 11.3 Å². The van der Waals surface area contributed by atoms with Gasteiger partial charge in [0, 0.05) is 25.2 Å². The molecule has 1 atom stereocenters. The lowest BCUT2D eigenvalue weighted by Crippen LogP contribution is -2.47. The van der Waals surface area contributed by atoms with E-state index in [-0.39, 0.29) is 29.4 Å². The van der Waals surface area contributed by atoms with Crippen LogP contribution in [0.2, 0.25) is 0 Å². The first kappa shape index (κ1) is 25.2. The number of phenols is 1. The molecule has 7 heteroatoms. The van der Waals surface area contributed by atoms with Crippen molar-refractivity contribution >= 4 is 17.2 Å². The van der Waals surface area contributed by atoms with Crippen molar-refractivity contribution in [3.8, 4) is 11.5 Å². The van der Waals surface area contributed by atoms with Crippen molar-refractivity contribution < 1.29 is 19.0 Å². The van der Waals surface area contributed by atoms with Gasteiger partial charge in [0.1, 0.15) is 5.82 Å². The molecular formula is C28H33FN2O3S. The van der Waals surface area contributed by atoms with Crippen molar-refractivity contribution in [3.63, 3.8) is 0 Å². The molecule has 1 aliphatic rings. The van der Waals surface area contributed by atoms with E-state index in [1.165, 1.54) is 17.4 Å². The maximum absolute atomic E-state index is 14.5. The minimum absolute atomic E-state index is 0.0126. The topological polar surface area (TPSA) is 53.0 Å². The molecule has 0 saturated carbocycles. The lowest BCUT2D eigenvalue weighted by Gasteiger charge is -2.40. The molecule has 186 valence electrons. The zero-order valence-corrected chi connectivity index (χ0v) is 21.1. The molecule has 5 nitrogen and oxygen atoms in total. The maximum Gasteiger partial charge on any atom is 0.263 e. The second-order valence-corrected chi connectivity index (χ2v) is 10.0. The number of nitrogens with zero attached hydrogens (tertiary/aromatic N) is 2. The minimum atomic E-state index is -0.225. The van der Waals surface area contributed by atoms with E-state index in [9.17, 15) is 14.3 Å². The van der Waals surface area contributed by atoms with Gasteiger partial charge in [-0.2, -0.15) is 0 Å². The van der Waals surface area contributed by atoms with Gasteiger partial charge in [-0.15, -0.1) is 11.3 Å². The molecule has 2 aromatic carbocycles. The average Bonchev–Trinajstić information content (AvgIpc) is 3.41. The molecule has 1 amide bonds. The number of para-hydroxylation sites is 1. The lowest BCUT2D eigenvalue weighted by atomic mass is 9.84. The second kappa shape index (κ2) is 11.7. The Hall–Kier alpha value is -2.90. The van der Waals surface area contributed by atoms with Gasteiger partial charge in [0.25, 0.3) is 5.91 Å². The van der Waals surface area contributed by atoms with Crippen LogP contribution in [0, 0.1) is 11.7 Å². The predicted molar refractivity (Wildman–Crippen MR) is 138 cm³/mol. The highest BCUT2D eigenvalue weighted by Crippen LogP contribution is 2.33. The summed E-state index contributed by atoms with van der Waals surface area (Å²) in [5.74, 6) is 0.731. The van der Waals surface area contributed by atoms with Crippen LogP contribution in [0.5, 0.6) is 11.5 Å². The first-order chi connectivity index (χ1) is 17.0. The molecule has 1 saturated heterocycles. The van der Waals surface area contributed by atoms with E-state index < -0.39 is 0 Å². The van der Waals surface area contributed by atoms with E-state index in [1.807, 2.05) is 60.6 Å². The first-order valence-electron chi connectivity index (χ1n) is 12.2. The molecule has 1 unspecified atom stereocenters. The molecule has 1 fully saturated rings. The van der Waals surface area contributed by atoms with E-state index >= 15 is 0 Å². The Labute approximate surface area is 210 Å². The number of hydrogen-bond acceptors (Lipinski definition) is 5. The van der Waals surface area contributed by atoms with Crippen molar-refractivity contribution in [2.45, 2.75) is 38.8 Å². The summed E-state index contributed by atoms with van der Waals surface area (Å²) in [4.78, 5) is 18.0. The van der Waals surface area contributed by atoms with Crippen LogP contribution in [0.15, 0.2) is 60.0 Å². The summed E-state index contributed by atoms with van der Waals surface area (Å²) >= 11 is 1.43. The molecule has 4 rings (SSSR count). The molecule has 0 spiro atoms. The molecule has 3 aromatic rings. The number of likely N-dealkylation sites (tertiary alicyclic amines) is 1. The fourth-order valence-electron chi connectivity index (χ4n) is 4.94. The van der Waals surface area contributed by atoms with E-state index in [1.54, 1.807) is 12.1 Å². The number of benzene rings is 2. The van der Waals surface area contributed by atoms with Crippen LogP contribution < -0.4 is 4.74 Å². The zero-order chi connectivity index (χ0) is 24.8. The quantitative estimate of drug-likeness (QED) is 0.420. The Kier molecular flexibility index (Phi) is 8.42. The molecule has 0 bridgehead atoms. The highest BCUT2D eigenvalue weighted by atomic mass is 32.1. The Morgan fingerprint density at radius 1 is 1.14 bits per heavy atom. The first-order valence-corrected chi connectivity index (χ1v) is 13.1. The number of halogens is 1. The number of ether oxygens (including phenoxy) is 1. The number of aromatic hydroxyl groups is 1. The zero-order valence-electron chi connectivity index (χ0n) is 20.3. The van der Waals surface area contributed by atoms with Gasteiger partial charge in [0.05, 0.1) is 11.5 Å². The molecule has 1 aromatic heterocycles. The Morgan fingerprint density at radius 3 is 2.57 bits per heavy atom. The van der Waals surface area contributed by atoms with Crippen molar-refractivity contribution in [3.05, 3.63) is 81.8 Å². The van der Waals surface area contributed by atoms with Crippen LogP contribution in [0.1, 0.15) is 40.6 Å². The fourth-order valence-corrected chi connectivity index (χ4v) is 5.64. The third-order valence-electron chi connectivity index (χ3n) is 6.89. The maximum atomic E-state index is 14.5. The number of rotatable bonds is 9. The lowest BCUT2D eigenvalue weighted by molar-refractivity contribution is 0.0587. The fraction of sp³-hybridized carbons (Fsp3) is 0.393. The third-order valence-corrected chi connectivity index (χ3v) is 7.75. The second-order valence-electron chi connectivity index (χ2n) is 9.07. The van der Waals surface area contributed by atoms with Gasteiger partial charge in [0.2, 0.25) is 0 Å². The van der Waals surface area contributed by atoms with Gasteiger partial charge in [-0.1, -0.05) is 36.4 Å². The standard InChI is InChI=1S/C28H33FN2O3S/c1-3-34-25-11-6-9-22(27(25)32)19-31-15-13-20(14-16-31)24(18-21-8-4-5-10-23(21)29)30(2)28(33)26-12-7-17-35-26/h4-12,17,20,24,32H,3,13-16,18-19H2,1-2H3. The van der Waals surface area contributed by atoms with E-state index in [2.05, 4.69) is 4.90 Å². The number of phenolic OH excluding ortho intramolecular Hbond substituents is 1. The normalized spacial score (nSPS) is 15.6. The number of piperidine rings is 1. The number of thiophene rings is 1. The van der Waals surface area contributed by atoms with Crippen LogP contribution in [0.4, 0.5) is 4.39 Å². The van der Waals surface area contributed by atoms with Gasteiger partial charge in [-0.3, -0.25) is 9.69 Å². The van der Waals surface area contributed by atoms with E-state index in [0.29, 0.717) is 35.8 Å². The molecule has 0 aliphatic carbocycles. The summed E-state index contributed by atoms with van der Waals surface area (Å²) in [6.45, 7) is 4.73. The van der Waals surface area contributed by atoms with Gasteiger partial charge in [0.15, 0.2) is 11.5 Å². The molecule has 35 heavy (non-hydrogen) atoms. The minimum Gasteiger partial charge on any atom is -0.504 e. The summed E-state index contributed by atoms with van der Waals surface area (Å²) < 4.78 is 20.1. The summed E-state index contributed by atoms with van der Waals surface area (Å²) in [5, 5.41) is 12.5. The smallest absolute Gasteiger partial charge is 0.263 e. The number of hydrogen-bond donors (Lipinski definition) is 1. The predicted octanol–water partition coefficient (Wildman–Crippen LogP) is 5.59. The van der Waals surface area contributed by atoms with Gasteiger partial charge >= 0.3 is 0 Å². The average molecular weight is 497 g/mol. The Balaban J connectivity index is 1.46. The number of amides is 1. The van der Waals surface area contributed by atoms with Crippen LogP contribution in [0.3, 0.4) is 0 Å². The van der Waals surface area contributed by atoms with E-state index in [4.69, 9.17) is 4.74 Å². The molecule has 2 heterocycles. The largest absolute Gasteiger partial charge is 0.504 e. The van der Waals surface area contributed by atoms with Crippen LogP contribution in [-0.4, -0.2) is 53.6 Å². The third kappa shape index (κ3) is 6.03. The number of carbonyl (C=O) groups is 1. The highest BCUT2D eigenvalue weighted by Gasteiger charge is 2.33. The van der Waals surface area contributed by atoms with E-state index in [0.717, 1.165) is 31.5 Å². The molecule has 1 N–H and O–H groups in total. The molecule has 0 radical (unpaired) electrons. The summed E-state index contributed by atoms with van der Waals surface area (Å²) in [7, 11) is 1.84. The summed E-state index contributed by atoms with van der Waals surface area (Å²) in [6.07, 6.45) is 2.28. The van der Waals surface area contributed by atoms with Crippen molar-refractivity contribution in [2.75, 3.05) is 26.7 Å². The molecule has 1 aliphatic heterocycles. The SMILES string of the molecule is CCOc1cccc(CN2CCC(C(Cc3ccccc3F)N(C)C(=O)c3cccs3)CC2)c1O. The monoisotopic (exact) mass is 496 g/mol. The van der Waals surface area contributed by atoms with Crippen LogP contribution in [-0.2, 0) is 13.0 Å². The van der Waals surface area contributed by atoms with Crippen molar-refractivity contribution in [1.29, 1.82) is 0 Å². The van der Waals surface area contributed by atoms with Crippen LogP contribution in [0.25, 0.3) is 0 Å². The Morgan fingerprint density at radius 2 is 1.89 bits per heavy atom. The molecular weight excluding hydrogens is 463 g/mol. The highest BCUT2D eigenvalue weighted by molar-refractivity contribution is 7.12. The summed E-state index contributed by atoms with van der Waals surface area (Å²) in [6, 6.07) is 16.1. The van der Waals surface area contributed by atoms with Crippen molar-refractivity contribution in [1.82, 2.24) is 9.80 Å². The van der Waals surface area contributed by atoms with Gasteiger partial charge < -0.3 is 14.7 Å².